The van der Waals surface area contributed by atoms with Crippen molar-refractivity contribution in [3.63, 3.8) is 0 Å². The summed E-state index contributed by atoms with van der Waals surface area (Å²) in [7, 11) is -1.37. The summed E-state index contributed by atoms with van der Waals surface area (Å²) >= 11 is 8.48. The van der Waals surface area contributed by atoms with Crippen molar-refractivity contribution in [2.75, 3.05) is 32.2 Å². The number of hydrogen-bond donors (Lipinski definition) is 2. The maximum atomic E-state index is 13.1. The highest BCUT2D eigenvalue weighted by molar-refractivity contribution is 14.1. The van der Waals surface area contributed by atoms with Gasteiger partial charge in [-0.15, -0.1) is 11.6 Å². The first-order valence-electron chi connectivity index (χ1n) is 13.1. The monoisotopic (exact) mass is 700 g/mol. The van der Waals surface area contributed by atoms with E-state index >= 15 is 0 Å². The van der Waals surface area contributed by atoms with E-state index in [0.717, 1.165) is 12.5 Å². The zero-order chi connectivity index (χ0) is 29.4. The highest BCUT2D eigenvalue weighted by atomic mass is 127. The molecule has 222 valence electrons. The lowest BCUT2D eigenvalue weighted by Crippen LogP contribution is -2.58. The van der Waals surface area contributed by atoms with Crippen molar-refractivity contribution in [1.82, 2.24) is 20.5 Å². The van der Waals surface area contributed by atoms with Crippen molar-refractivity contribution in [3.8, 4) is 0 Å². The van der Waals surface area contributed by atoms with Crippen LogP contribution >= 0.6 is 34.2 Å². The fourth-order valence-electron chi connectivity index (χ4n) is 4.12. The van der Waals surface area contributed by atoms with Crippen LogP contribution in [-0.2, 0) is 19.0 Å². The van der Waals surface area contributed by atoms with Crippen molar-refractivity contribution in [1.29, 1.82) is 0 Å². The molecule has 0 spiro atoms. The first-order valence-corrected chi connectivity index (χ1v) is 18.4. The third-order valence-corrected chi connectivity index (χ3v) is 8.80. The number of alkyl carbamates (subject to hydrolysis) is 1. The van der Waals surface area contributed by atoms with Gasteiger partial charge in [-0.05, 0) is 69.2 Å². The first-order chi connectivity index (χ1) is 18.1. The van der Waals surface area contributed by atoms with Crippen LogP contribution in [0.5, 0.6) is 0 Å². The minimum absolute atomic E-state index is 0.101. The van der Waals surface area contributed by atoms with Gasteiger partial charge in [-0.1, -0.05) is 19.6 Å². The Morgan fingerprint density at radius 2 is 1.97 bits per heavy atom. The number of hydrogen-bond acceptors (Lipinski definition) is 9. The van der Waals surface area contributed by atoms with E-state index in [1.807, 2.05) is 22.6 Å². The number of esters is 1. The lowest BCUT2D eigenvalue weighted by atomic mass is 9.97. The molecule has 11 nitrogen and oxygen atoms in total. The summed E-state index contributed by atoms with van der Waals surface area (Å²) in [5, 5.41) is 5.91. The number of alkyl halides is 1. The van der Waals surface area contributed by atoms with E-state index < -0.39 is 49.5 Å². The van der Waals surface area contributed by atoms with Gasteiger partial charge in [-0.25, -0.2) is 19.4 Å². The Labute approximate surface area is 250 Å². The molecular formula is C25H42ClIN4O7Si. The lowest BCUT2D eigenvalue weighted by Gasteiger charge is -2.38. The molecule has 1 unspecified atom stereocenters. The molecule has 0 radical (unpaired) electrons. The van der Waals surface area contributed by atoms with Gasteiger partial charge in [-0.3, -0.25) is 0 Å². The molecule has 2 amide bonds. The van der Waals surface area contributed by atoms with E-state index in [4.69, 9.17) is 30.2 Å². The maximum Gasteiger partial charge on any atom is 0.410 e. The van der Waals surface area contributed by atoms with Gasteiger partial charge in [0.2, 0.25) is 5.89 Å². The fraction of sp³-hybridized carbons (Fsp3) is 0.760. The molecule has 2 rings (SSSR count). The number of aromatic nitrogens is 1. The standard InChI is InChI=1S/C25H42ClIN4O7Si/c1-8-35-21(32)19(30-22(33)38-24(2,3)4)18(20-29-17(27)14-37-20)28-16-25(15-26)10-9-11-31(25)23(34)36-12-13-39(5,6)7/h14,18-19,28H,8-13,15-16H2,1-7H3,(H,30,33)/t18-,19-,25?/m0/s1. The summed E-state index contributed by atoms with van der Waals surface area (Å²) in [6.07, 6.45) is 1.61. The van der Waals surface area contributed by atoms with E-state index in [2.05, 4.69) is 35.3 Å². The van der Waals surface area contributed by atoms with Crippen molar-refractivity contribution in [2.24, 2.45) is 0 Å². The van der Waals surface area contributed by atoms with Gasteiger partial charge in [0, 0.05) is 27.0 Å². The predicted octanol–water partition coefficient (Wildman–Crippen LogP) is 4.91. The third-order valence-electron chi connectivity index (χ3n) is 6.10. The number of rotatable bonds is 12. The summed E-state index contributed by atoms with van der Waals surface area (Å²) in [5.41, 5.74) is -1.56. The van der Waals surface area contributed by atoms with Gasteiger partial charge in [0.25, 0.3) is 0 Å². The number of carbonyl (C=O) groups is 3. The number of ether oxygens (including phenoxy) is 3. The van der Waals surface area contributed by atoms with Crippen LogP contribution in [0.2, 0.25) is 25.7 Å². The highest BCUT2D eigenvalue weighted by Gasteiger charge is 2.46. The van der Waals surface area contributed by atoms with Gasteiger partial charge in [0.05, 0.1) is 18.8 Å². The smallest absolute Gasteiger partial charge is 0.410 e. The highest BCUT2D eigenvalue weighted by Crippen LogP contribution is 2.32. The average Bonchev–Trinajstić information content (AvgIpc) is 3.43. The zero-order valence-corrected chi connectivity index (χ0v) is 27.8. The van der Waals surface area contributed by atoms with Gasteiger partial charge in [0.1, 0.15) is 21.6 Å². The summed E-state index contributed by atoms with van der Waals surface area (Å²) < 4.78 is 22.5. The zero-order valence-electron chi connectivity index (χ0n) is 23.9. The van der Waals surface area contributed by atoms with Gasteiger partial charge in [-0.2, -0.15) is 0 Å². The summed E-state index contributed by atoms with van der Waals surface area (Å²) in [4.78, 5) is 44.9. The molecule has 1 fully saturated rings. The SMILES string of the molecule is CCOC(=O)[C@@H](NC(=O)OC(C)(C)C)[C@H](NCC1(CCl)CCCN1C(=O)OCC[Si](C)(C)C)c1nc(I)co1. The topological polar surface area (TPSA) is 132 Å². The number of carbonyl (C=O) groups excluding carboxylic acids is 3. The van der Waals surface area contributed by atoms with Gasteiger partial charge >= 0.3 is 18.2 Å². The van der Waals surface area contributed by atoms with Crippen LogP contribution in [0.15, 0.2) is 10.7 Å². The second-order valence-corrected chi connectivity index (χ2v) is 18.8. The lowest BCUT2D eigenvalue weighted by molar-refractivity contribution is -0.146. The van der Waals surface area contributed by atoms with E-state index in [-0.39, 0.29) is 24.9 Å². The molecule has 0 aliphatic carbocycles. The van der Waals surface area contributed by atoms with E-state index in [1.54, 1.807) is 32.6 Å². The molecular weight excluding hydrogens is 659 g/mol. The van der Waals surface area contributed by atoms with E-state index in [0.29, 0.717) is 23.3 Å². The van der Waals surface area contributed by atoms with Gasteiger partial charge in [0.15, 0.2) is 6.04 Å². The molecule has 0 bridgehead atoms. The number of nitrogens with zero attached hydrogens (tertiary/aromatic N) is 2. The summed E-state index contributed by atoms with van der Waals surface area (Å²) in [5.74, 6) is -0.383. The Kier molecular flexibility index (Phi) is 12.4. The molecule has 2 heterocycles. The second-order valence-electron chi connectivity index (χ2n) is 11.8. The van der Waals surface area contributed by atoms with Crippen LogP contribution < -0.4 is 10.6 Å². The molecule has 1 saturated heterocycles. The first kappa shape index (κ1) is 33.6. The molecule has 39 heavy (non-hydrogen) atoms. The fourth-order valence-corrected chi connectivity index (χ4v) is 5.57. The maximum absolute atomic E-state index is 13.1. The van der Waals surface area contributed by atoms with E-state index in [1.165, 1.54) is 6.26 Å². The third kappa shape index (κ3) is 10.4. The number of amides is 2. The number of halogens is 2. The summed E-state index contributed by atoms with van der Waals surface area (Å²) in [6.45, 7) is 14.7. The summed E-state index contributed by atoms with van der Waals surface area (Å²) in [6, 6.07) is -1.31. The molecule has 1 aliphatic rings. The molecule has 1 aromatic heterocycles. The normalized spacial score (nSPS) is 19.4. The van der Waals surface area contributed by atoms with Crippen molar-refractivity contribution >= 4 is 60.4 Å². The number of nitrogens with one attached hydrogen (secondary N) is 2. The van der Waals surface area contributed by atoms with Crippen LogP contribution in [0.25, 0.3) is 0 Å². The average molecular weight is 701 g/mol. The molecule has 3 atom stereocenters. The Morgan fingerprint density at radius 3 is 2.51 bits per heavy atom. The largest absolute Gasteiger partial charge is 0.464 e. The van der Waals surface area contributed by atoms with Crippen molar-refractivity contribution in [2.45, 2.75) is 89.4 Å². The molecule has 14 heteroatoms. The Morgan fingerprint density at radius 1 is 1.28 bits per heavy atom. The number of oxazole rings is 1. The van der Waals surface area contributed by atoms with Crippen LogP contribution in [-0.4, -0.2) is 85.5 Å². The quantitative estimate of drug-likeness (QED) is 0.103. The molecule has 1 aromatic rings. The van der Waals surface area contributed by atoms with Crippen LogP contribution in [0, 0.1) is 3.70 Å². The molecule has 1 aliphatic heterocycles. The molecule has 0 aromatic carbocycles. The van der Waals surface area contributed by atoms with Crippen molar-refractivity contribution in [3.05, 3.63) is 15.9 Å². The van der Waals surface area contributed by atoms with E-state index in [9.17, 15) is 14.4 Å². The molecule has 0 saturated carbocycles. The van der Waals surface area contributed by atoms with Crippen LogP contribution in [0.1, 0.15) is 52.5 Å². The second kappa shape index (κ2) is 14.4. The Balaban J connectivity index is 2.31. The predicted molar refractivity (Wildman–Crippen MR) is 159 cm³/mol. The Bertz CT molecular complexity index is 984. The minimum Gasteiger partial charge on any atom is -0.464 e. The molecule has 2 N–H and O–H groups in total. The van der Waals surface area contributed by atoms with Crippen LogP contribution in [0.4, 0.5) is 9.59 Å². The Hall–Kier alpha value is -1.58. The van der Waals surface area contributed by atoms with Crippen molar-refractivity contribution < 1.29 is 33.0 Å². The number of likely N-dealkylation sites (tertiary alicyclic amines) is 1. The minimum atomic E-state index is -1.37. The van der Waals surface area contributed by atoms with Gasteiger partial charge < -0.3 is 34.2 Å². The van der Waals surface area contributed by atoms with Crippen LogP contribution in [0.3, 0.4) is 0 Å².